The van der Waals surface area contributed by atoms with Crippen molar-refractivity contribution >= 4 is 35.2 Å². The first kappa shape index (κ1) is 37.8. The number of aromatic nitrogens is 3. The molecule has 4 aromatic rings. The minimum atomic E-state index is -0.358. The molecule has 0 atom stereocenters. The lowest BCUT2D eigenvalue weighted by atomic mass is 9.94. The highest BCUT2D eigenvalue weighted by Gasteiger charge is 2.29. The normalized spacial score (nSPS) is 11.6. The molecule has 0 aliphatic heterocycles. The van der Waals surface area contributed by atoms with Crippen LogP contribution in [0.5, 0.6) is 5.75 Å². The van der Waals surface area contributed by atoms with E-state index in [1.807, 2.05) is 60.7 Å². The van der Waals surface area contributed by atoms with Crippen molar-refractivity contribution in [3.63, 3.8) is 0 Å². The third-order valence-electron chi connectivity index (χ3n) is 8.43. The molecular weight excluding hydrogens is 629 g/mol. The number of aromatic hydroxyl groups is 1. The summed E-state index contributed by atoms with van der Waals surface area (Å²) in [5.74, 6) is 2.92. The second-order valence-electron chi connectivity index (χ2n) is 13.6. The van der Waals surface area contributed by atoms with Gasteiger partial charge in [-0.3, -0.25) is 0 Å². The van der Waals surface area contributed by atoms with E-state index in [0.29, 0.717) is 5.95 Å². The molecule has 0 fully saturated rings. The molecule has 0 unspecified atom stereocenters. The summed E-state index contributed by atoms with van der Waals surface area (Å²) in [5, 5.41) is 13.3. The smallest absolute Gasteiger partial charge is 0.235 e. The fraction of sp³-hybridized carbons (Fsp3) is 0.488. The Morgan fingerprint density at radius 3 is 1.42 bits per heavy atom. The highest BCUT2D eigenvalue weighted by atomic mass is 32.2. The predicted octanol–water partition coefficient (Wildman–Crippen LogP) is 12.8. The Morgan fingerprint density at radius 1 is 0.583 bits per heavy atom. The van der Waals surface area contributed by atoms with Gasteiger partial charge in [-0.05, 0) is 56.9 Å². The fourth-order valence-electron chi connectivity index (χ4n) is 5.88. The first-order valence-corrected chi connectivity index (χ1v) is 20.1. The van der Waals surface area contributed by atoms with Crippen LogP contribution >= 0.6 is 23.5 Å². The molecule has 0 saturated carbocycles. The summed E-state index contributed by atoms with van der Waals surface area (Å²) < 4.78 is 0. The van der Waals surface area contributed by atoms with Gasteiger partial charge >= 0.3 is 0 Å². The maximum Gasteiger partial charge on any atom is 0.235 e. The Labute approximate surface area is 298 Å². The molecule has 0 radical (unpaired) electrons. The van der Waals surface area contributed by atoms with Crippen molar-refractivity contribution in [2.75, 3.05) is 16.4 Å². The summed E-state index contributed by atoms with van der Waals surface area (Å²) in [4.78, 5) is 17.4. The van der Waals surface area contributed by atoms with E-state index >= 15 is 0 Å². The molecule has 3 aromatic carbocycles. The number of phenols is 1. The van der Waals surface area contributed by atoms with Gasteiger partial charge in [0.25, 0.3) is 0 Å². The van der Waals surface area contributed by atoms with Gasteiger partial charge in [-0.25, -0.2) is 0 Å². The Morgan fingerprint density at radius 2 is 1.00 bits per heavy atom. The quantitative estimate of drug-likeness (QED) is 0.0734. The number of hydrogen-bond donors (Lipinski definition) is 1. The van der Waals surface area contributed by atoms with E-state index in [9.17, 15) is 5.11 Å². The first-order valence-electron chi connectivity index (χ1n) is 18.1. The topological polar surface area (TPSA) is 62.1 Å². The Kier molecular flexibility index (Phi) is 15.6. The van der Waals surface area contributed by atoms with Gasteiger partial charge in [0.05, 0.1) is 0 Å². The lowest BCUT2D eigenvalue weighted by molar-refractivity contribution is 0.479. The summed E-state index contributed by atoms with van der Waals surface area (Å²) in [6, 6.07) is 24.4. The molecule has 7 heteroatoms. The van der Waals surface area contributed by atoms with Gasteiger partial charge in [0.2, 0.25) is 5.95 Å². The lowest BCUT2D eigenvalue weighted by Gasteiger charge is -2.36. The summed E-state index contributed by atoms with van der Waals surface area (Å²) >= 11 is 3.50. The number of nitrogens with zero attached hydrogens (tertiary/aromatic N) is 4. The van der Waals surface area contributed by atoms with Crippen LogP contribution in [0, 0.1) is 0 Å². The molecule has 48 heavy (non-hydrogen) atoms. The zero-order chi connectivity index (χ0) is 34.2. The molecule has 0 amide bonds. The molecule has 4 rings (SSSR count). The largest absolute Gasteiger partial charge is 0.507 e. The summed E-state index contributed by atoms with van der Waals surface area (Å²) in [6.45, 7) is 11.1. The van der Waals surface area contributed by atoms with Crippen molar-refractivity contribution in [1.82, 2.24) is 15.0 Å². The number of unbranched alkanes of at least 4 members (excludes halogenated alkanes) is 10. The average Bonchev–Trinajstić information content (AvgIpc) is 3.08. The van der Waals surface area contributed by atoms with E-state index in [-0.39, 0.29) is 11.3 Å². The van der Waals surface area contributed by atoms with E-state index in [2.05, 4.69) is 51.7 Å². The molecule has 0 aliphatic carbocycles. The van der Waals surface area contributed by atoms with Crippen molar-refractivity contribution in [1.29, 1.82) is 0 Å². The third-order valence-corrected chi connectivity index (χ3v) is 10.3. The zero-order valence-corrected chi connectivity index (χ0v) is 31.5. The van der Waals surface area contributed by atoms with Crippen LogP contribution in [0.15, 0.2) is 83.1 Å². The molecule has 1 heterocycles. The van der Waals surface area contributed by atoms with Gasteiger partial charge < -0.3 is 10.0 Å². The molecule has 1 N–H and O–H groups in total. The summed E-state index contributed by atoms with van der Waals surface area (Å²) in [5.41, 5.74) is 4.06. The number of rotatable bonds is 20. The zero-order valence-electron chi connectivity index (χ0n) is 29.9. The van der Waals surface area contributed by atoms with Crippen LogP contribution in [-0.4, -0.2) is 37.1 Å². The van der Waals surface area contributed by atoms with E-state index in [1.54, 1.807) is 23.5 Å². The number of phenolic OH excluding ortho intramolecular Hbond substituents is 1. The lowest BCUT2D eigenvalue weighted by Crippen LogP contribution is -2.39. The van der Waals surface area contributed by atoms with Gasteiger partial charge in [-0.15, -0.1) is 0 Å². The summed E-state index contributed by atoms with van der Waals surface area (Å²) in [7, 11) is 0. The van der Waals surface area contributed by atoms with Gasteiger partial charge in [0.15, 0.2) is 10.3 Å². The number of hydrogen-bond acceptors (Lipinski definition) is 7. The molecule has 1 aromatic heterocycles. The SMILES string of the molecule is CCCCCCCCSc1nc(SCCCCCCCC)nc(N(c2cc(-c3ccccc3)c(O)c(-c3ccccc3)c2)C(C)(C)C)n1. The number of thioether (sulfide) groups is 2. The van der Waals surface area contributed by atoms with Crippen LogP contribution in [0.4, 0.5) is 11.6 Å². The van der Waals surface area contributed by atoms with Crippen LogP contribution in [-0.2, 0) is 0 Å². The highest BCUT2D eigenvalue weighted by Crippen LogP contribution is 2.44. The maximum atomic E-state index is 11.7. The van der Waals surface area contributed by atoms with Crippen LogP contribution in [0.25, 0.3) is 22.3 Å². The Hall–Kier alpha value is -3.03. The van der Waals surface area contributed by atoms with Crippen molar-refractivity contribution in [3.05, 3.63) is 72.8 Å². The van der Waals surface area contributed by atoms with Crippen LogP contribution in [0.2, 0.25) is 0 Å². The van der Waals surface area contributed by atoms with Gasteiger partial charge in [-0.1, -0.05) is 162 Å². The minimum absolute atomic E-state index is 0.269. The monoisotopic (exact) mass is 684 g/mol. The maximum absolute atomic E-state index is 11.7. The van der Waals surface area contributed by atoms with Crippen molar-refractivity contribution in [2.24, 2.45) is 0 Å². The van der Waals surface area contributed by atoms with Crippen molar-refractivity contribution in [3.8, 4) is 28.0 Å². The second-order valence-corrected chi connectivity index (χ2v) is 15.7. The number of anilines is 2. The van der Waals surface area contributed by atoms with E-state index in [1.165, 1.54) is 64.2 Å². The first-order chi connectivity index (χ1) is 23.3. The molecule has 0 aliphatic rings. The number of benzene rings is 3. The van der Waals surface area contributed by atoms with Gasteiger partial charge in [0, 0.05) is 33.9 Å². The Balaban J connectivity index is 1.71. The van der Waals surface area contributed by atoms with E-state index < -0.39 is 0 Å². The standard InChI is InChI=1S/C41H56N4OS2/c1-6-8-10-12-14-22-28-47-39-42-38(43-40(44-39)48-29-23-15-13-11-9-7-2)45(41(3,4)5)34-30-35(32-24-18-16-19-25-32)37(46)36(31-34)33-26-20-17-21-27-33/h16-21,24-27,30-31,46H,6-15,22-23,28-29H2,1-5H3. The van der Waals surface area contributed by atoms with Crippen molar-refractivity contribution in [2.45, 2.75) is 128 Å². The third kappa shape index (κ3) is 11.5. The van der Waals surface area contributed by atoms with E-state index in [4.69, 9.17) is 15.0 Å². The molecule has 0 bridgehead atoms. The predicted molar refractivity (Wildman–Crippen MR) is 209 cm³/mol. The van der Waals surface area contributed by atoms with Crippen molar-refractivity contribution < 1.29 is 5.11 Å². The molecular formula is C41H56N4OS2. The highest BCUT2D eigenvalue weighted by molar-refractivity contribution is 7.99. The van der Waals surface area contributed by atoms with Crippen LogP contribution in [0.3, 0.4) is 0 Å². The van der Waals surface area contributed by atoms with Crippen LogP contribution < -0.4 is 4.90 Å². The second kappa shape index (κ2) is 19.8. The molecule has 258 valence electrons. The van der Waals surface area contributed by atoms with E-state index in [0.717, 1.165) is 62.6 Å². The minimum Gasteiger partial charge on any atom is -0.507 e. The van der Waals surface area contributed by atoms with Gasteiger partial charge in [0.1, 0.15) is 5.75 Å². The average molecular weight is 685 g/mol. The summed E-state index contributed by atoms with van der Waals surface area (Å²) in [6.07, 6.45) is 15.2. The fourth-order valence-corrected chi connectivity index (χ4v) is 7.59. The Bertz CT molecular complexity index is 1410. The molecule has 0 spiro atoms. The van der Waals surface area contributed by atoms with Gasteiger partial charge in [-0.2, -0.15) is 15.0 Å². The van der Waals surface area contributed by atoms with Crippen LogP contribution in [0.1, 0.15) is 112 Å². The molecule has 5 nitrogen and oxygen atoms in total. The molecule has 0 saturated heterocycles.